The summed E-state index contributed by atoms with van der Waals surface area (Å²) in [6.45, 7) is 2.03. The number of aryl methyl sites for hydroxylation is 2. The smallest absolute Gasteiger partial charge is 0.217 e. The van der Waals surface area contributed by atoms with Crippen LogP contribution in [0.1, 0.15) is 5.69 Å². The summed E-state index contributed by atoms with van der Waals surface area (Å²) in [7, 11) is -1.62. The van der Waals surface area contributed by atoms with E-state index in [1.54, 1.807) is 12.1 Å². The molecule has 0 spiro atoms. The number of nitrogens with zero attached hydrogens (tertiary/aromatic N) is 1. The van der Waals surface area contributed by atoms with Crippen LogP contribution in [-0.4, -0.2) is 20.1 Å². The zero-order chi connectivity index (χ0) is 14.6. The van der Waals surface area contributed by atoms with Crippen molar-refractivity contribution in [1.29, 1.82) is 0 Å². The Kier molecular flexibility index (Phi) is 4.93. The minimum atomic E-state index is -4.41. The molecule has 7 heteroatoms. The van der Waals surface area contributed by atoms with Gasteiger partial charge in [-0.1, -0.05) is 0 Å². The van der Waals surface area contributed by atoms with E-state index < -0.39 is 10.4 Å². The average molecular weight is 287 g/mol. The molecule has 104 valence electrons. The highest BCUT2D eigenvalue weighted by Gasteiger charge is 2.07. The molecular formula is C12H14FNO4S. The molecule has 0 saturated heterocycles. The van der Waals surface area contributed by atoms with Crippen molar-refractivity contribution >= 4 is 21.3 Å². The van der Waals surface area contributed by atoms with Gasteiger partial charge in [0, 0.05) is 24.4 Å². The summed E-state index contributed by atoms with van der Waals surface area (Å²) in [6, 6.07) is 8.77. The summed E-state index contributed by atoms with van der Waals surface area (Å²) < 4.78 is 45.9. The molecule has 0 fully saturated rings. The zero-order valence-electron chi connectivity index (χ0n) is 10.8. The van der Waals surface area contributed by atoms with E-state index in [0.29, 0.717) is 0 Å². The van der Waals surface area contributed by atoms with Gasteiger partial charge in [-0.2, -0.15) is 4.57 Å². The van der Waals surface area contributed by atoms with Crippen LogP contribution >= 0.6 is 0 Å². The first-order chi connectivity index (χ1) is 8.74. The van der Waals surface area contributed by atoms with Gasteiger partial charge >= 0.3 is 0 Å². The Balaban J connectivity index is 0.000000258. The molecule has 0 saturated carbocycles. The summed E-state index contributed by atoms with van der Waals surface area (Å²) in [5.74, 6) is -0.184. The molecule has 5 nitrogen and oxygen atoms in total. The zero-order valence-corrected chi connectivity index (χ0v) is 11.6. The fourth-order valence-electron chi connectivity index (χ4n) is 1.48. The molecule has 19 heavy (non-hydrogen) atoms. The highest BCUT2D eigenvalue weighted by atomic mass is 32.3. The maximum Gasteiger partial charge on any atom is 0.217 e. The molecule has 1 heterocycles. The second-order valence-electron chi connectivity index (χ2n) is 3.81. The predicted octanol–water partition coefficient (Wildman–Crippen LogP) is 1.20. The number of pyridine rings is 1. The van der Waals surface area contributed by atoms with E-state index in [1.165, 1.54) is 11.8 Å². The molecule has 0 N–H and O–H groups in total. The molecule has 0 bridgehead atoms. The van der Waals surface area contributed by atoms with E-state index in [0.717, 1.165) is 18.0 Å². The SMILES string of the molecule is COS(=O)(=O)[O-].Cc1ccc2cc(F)ccc2[n+]1C. The Labute approximate surface area is 111 Å². The molecule has 1 aromatic heterocycles. The second kappa shape index (κ2) is 6.05. The van der Waals surface area contributed by atoms with Crippen LogP contribution in [-0.2, 0) is 21.6 Å². The minimum Gasteiger partial charge on any atom is -0.726 e. The van der Waals surface area contributed by atoms with Crippen LogP contribution in [0.15, 0.2) is 30.3 Å². The maximum atomic E-state index is 12.9. The van der Waals surface area contributed by atoms with Gasteiger partial charge in [-0.15, -0.1) is 0 Å². The van der Waals surface area contributed by atoms with Gasteiger partial charge in [-0.05, 0) is 18.2 Å². The van der Waals surface area contributed by atoms with E-state index >= 15 is 0 Å². The molecule has 0 aliphatic heterocycles. The lowest BCUT2D eigenvalue weighted by molar-refractivity contribution is -0.651. The van der Waals surface area contributed by atoms with Gasteiger partial charge in [0.1, 0.15) is 12.9 Å². The first-order valence-electron chi connectivity index (χ1n) is 5.31. The predicted molar refractivity (Wildman–Crippen MR) is 66.5 cm³/mol. The van der Waals surface area contributed by atoms with Gasteiger partial charge in [0.05, 0.1) is 7.11 Å². The standard InChI is InChI=1S/C11H11FN.CH4O4S/c1-8-3-4-9-7-10(12)5-6-11(9)13(8)2;1-5-6(2,3)4/h3-7H,1-2H3;1H3,(H,2,3,4)/q+1;/p-1. The summed E-state index contributed by atoms with van der Waals surface area (Å²) in [5.41, 5.74) is 2.22. The van der Waals surface area contributed by atoms with E-state index in [2.05, 4.69) is 8.75 Å². The van der Waals surface area contributed by atoms with Crippen molar-refractivity contribution in [2.75, 3.05) is 7.11 Å². The molecule has 0 atom stereocenters. The van der Waals surface area contributed by atoms with Crippen LogP contribution in [0, 0.1) is 12.7 Å². The van der Waals surface area contributed by atoms with Crippen LogP contribution < -0.4 is 4.57 Å². The monoisotopic (exact) mass is 287 g/mol. The minimum absolute atomic E-state index is 0.184. The van der Waals surface area contributed by atoms with Crippen molar-refractivity contribution < 1.29 is 26.1 Å². The molecule has 0 radical (unpaired) electrons. The number of hydrogen-bond acceptors (Lipinski definition) is 4. The van der Waals surface area contributed by atoms with E-state index in [1.807, 2.05) is 26.1 Å². The first kappa shape index (κ1) is 15.5. The molecule has 0 aliphatic rings. The lowest BCUT2D eigenvalue weighted by Gasteiger charge is -1.98. The topological polar surface area (TPSA) is 70.3 Å². The summed E-state index contributed by atoms with van der Waals surface area (Å²) >= 11 is 0. The van der Waals surface area contributed by atoms with Gasteiger partial charge < -0.3 is 4.55 Å². The van der Waals surface area contributed by atoms with E-state index in [4.69, 9.17) is 0 Å². The van der Waals surface area contributed by atoms with Gasteiger partial charge in [0.25, 0.3) is 0 Å². The number of aromatic nitrogens is 1. The van der Waals surface area contributed by atoms with Crippen LogP contribution in [0.3, 0.4) is 0 Å². The van der Waals surface area contributed by atoms with Crippen molar-refractivity contribution in [1.82, 2.24) is 0 Å². The number of rotatable bonds is 1. The summed E-state index contributed by atoms with van der Waals surface area (Å²) in [5, 5.41) is 0.938. The fourth-order valence-corrected chi connectivity index (χ4v) is 1.48. The molecular weight excluding hydrogens is 273 g/mol. The van der Waals surface area contributed by atoms with Crippen LogP contribution in [0.5, 0.6) is 0 Å². The van der Waals surface area contributed by atoms with Gasteiger partial charge in [0.15, 0.2) is 5.69 Å². The Morgan fingerprint density at radius 2 is 1.84 bits per heavy atom. The quantitative estimate of drug-likeness (QED) is 0.449. The third kappa shape index (κ3) is 4.55. The Morgan fingerprint density at radius 1 is 1.26 bits per heavy atom. The van der Waals surface area contributed by atoms with Crippen molar-refractivity contribution in [2.45, 2.75) is 6.92 Å². The second-order valence-corrected chi connectivity index (χ2v) is 4.96. The molecule has 2 aromatic rings. The van der Waals surface area contributed by atoms with Crippen LogP contribution in [0.2, 0.25) is 0 Å². The largest absolute Gasteiger partial charge is 0.726 e. The number of fused-ring (bicyclic) bond motifs is 1. The first-order valence-corrected chi connectivity index (χ1v) is 6.64. The van der Waals surface area contributed by atoms with Crippen molar-refractivity contribution in [3.05, 3.63) is 41.8 Å². The molecule has 2 rings (SSSR count). The molecule has 1 aromatic carbocycles. The van der Waals surface area contributed by atoms with Gasteiger partial charge in [-0.3, -0.25) is 4.18 Å². The lowest BCUT2D eigenvalue weighted by atomic mass is 10.2. The third-order valence-corrected chi connectivity index (χ3v) is 3.00. The van der Waals surface area contributed by atoms with Crippen molar-refractivity contribution in [2.24, 2.45) is 7.05 Å². The number of hydrogen-bond donors (Lipinski definition) is 0. The lowest BCUT2D eigenvalue weighted by Crippen LogP contribution is -2.32. The van der Waals surface area contributed by atoms with E-state index in [-0.39, 0.29) is 5.82 Å². The van der Waals surface area contributed by atoms with Gasteiger partial charge in [0.2, 0.25) is 15.9 Å². The average Bonchev–Trinajstić information content (AvgIpc) is 2.34. The summed E-state index contributed by atoms with van der Waals surface area (Å²) in [6.07, 6.45) is 0. The van der Waals surface area contributed by atoms with Crippen molar-refractivity contribution in [3.63, 3.8) is 0 Å². The normalized spacial score (nSPS) is 11.0. The molecule has 0 aliphatic carbocycles. The van der Waals surface area contributed by atoms with Crippen LogP contribution in [0.25, 0.3) is 10.9 Å². The Bertz CT molecular complexity index is 685. The van der Waals surface area contributed by atoms with E-state index in [9.17, 15) is 17.4 Å². The van der Waals surface area contributed by atoms with Crippen molar-refractivity contribution in [3.8, 4) is 0 Å². The third-order valence-electron chi connectivity index (χ3n) is 2.59. The molecule has 0 amide bonds. The Morgan fingerprint density at radius 3 is 2.37 bits per heavy atom. The number of halogens is 1. The summed E-state index contributed by atoms with van der Waals surface area (Å²) in [4.78, 5) is 0. The fraction of sp³-hybridized carbons (Fsp3) is 0.250. The Hall–Kier alpha value is -1.57. The number of benzene rings is 1. The maximum absolute atomic E-state index is 12.9. The highest BCUT2D eigenvalue weighted by molar-refractivity contribution is 7.80. The molecule has 0 unspecified atom stereocenters. The van der Waals surface area contributed by atoms with Crippen LogP contribution in [0.4, 0.5) is 4.39 Å². The highest BCUT2D eigenvalue weighted by Crippen LogP contribution is 2.11. The van der Waals surface area contributed by atoms with Gasteiger partial charge in [-0.25, -0.2) is 12.8 Å².